The fourth-order valence-corrected chi connectivity index (χ4v) is 5.66. The maximum atomic E-state index is 10.7. The molecule has 31 heavy (non-hydrogen) atoms. The predicted octanol–water partition coefficient (Wildman–Crippen LogP) is 3.34. The third-order valence-corrected chi connectivity index (χ3v) is 7.98. The van der Waals surface area contributed by atoms with Crippen molar-refractivity contribution >= 4 is 45.9 Å². The molecule has 2 saturated carbocycles. The summed E-state index contributed by atoms with van der Waals surface area (Å²) in [5, 5.41) is 27.7. The van der Waals surface area contributed by atoms with Crippen LogP contribution in [0, 0.1) is 18.8 Å². The van der Waals surface area contributed by atoms with Gasteiger partial charge in [-0.25, -0.2) is 9.97 Å². The van der Waals surface area contributed by atoms with E-state index in [1.54, 1.807) is 11.3 Å². The number of nitrogens with zero attached hydrogens (tertiary/aromatic N) is 3. The minimum Gasteiger partial charge on any atom is -0.396 e. The van der Waals surface area contributed by atoms with Gasteiger partial charge in [0.2, 0.25) is 5.95 Å². The number of thiol groups is 1. The summed E-state index contributed by atoms with van der Waals surface area (Å²) < 4.78 is 1.11. The van der Waals surface area contributed by atoms with Crippen molar-refractivity contribution in [2.75, 3.05) is 23.8 Å². The van der Waals surface area contributed by atoms with Gasteiger partial charge in [-0.1, -0.05) is 12.1 Å². The van der Waals surface area contributed by atoms with E-state index in [0.717, 1.165) is 33.0 Å². The third kappa shape index (κ3) is 4.24. The highest BCUT2D eigenvalue weighted by molar-refractivity contribution is 7.81. The zero-order valence-electron chi connectivity index (χ0n) is 17.3. The Bertz CT molecular complexity index is 1050. The lowest BCUT2D eigenvalue weighted by Gasteiger charge is -2.21. The van der Waals surface area contributed by atoms with E-state index in [-0.39, 0.29) is 23.8 Å². The largest absolute Gasteiger partial charge is 0.396 e. The average molecular weight is 458 g/mol. The van der Waals surface area contributed by atoms with Gasteiger partial charge in [0.15, 0.2) is 0 Å². The highest BCUT2D eigenvalue weighted by Gasteiger charge is 2.40. The first-order valence-corrected chi connectivity index (χ1v) is 12.1. The number of nitrogens with one attached hydrogen (secondary N) is 2. The Morgan fingerprint density at radius 1 is 1.19 bits per heavy atom. The minimum atomic E-state index is -0.679. The molecule has 9 heteroatoms. The lowest BCUT2D eigenvalue weighted by Crippen LogP contribution is -2.33. The van der Waals surface area contributed by atoms with Crippen LogP contribution in [0.4, 0.5) is 11.8 Å². The van der Waals surface area contributed by atoms with Gasteiger partial charge in [0.25, 0.3) is 0 Å². The number of hydrogen-bond donors (Lipinski definition) is 5. The maximum absolute atomic E-state index is 10.7. The summed E-state index contributed by atoms with van der Waals surface area (Å²) >= 11 is 6.12. The van der Waals surface area contributed by atoms with E-state index < -0.39 is 6.10 Å². The number of para-hydroxylation sites is 1. The Balaban J connectivity index is 1.52. The SMILES string of the molecule is Cc1nc(NCC2CC2)nc(N[C@@H]2C[C@H](CO)[C@H](S)[C@H]2O)c1-c1nc2ccccc2s1. The van der Waals surface area contributed by atoms with Crippen LogP contribution < -0.4 is 10.6 Å². The van der Waals surface area contributed by atoms with Crippen LogP contribution in [0.2, 0.25) is 0 Å². The number of aryl methyl sites for hydroxylation is 1. The topological polar surface area (TPSA) is 103 Å². The van der Waals surface area contributed by atoms with Crippen molar-refractivity contribution in [3.8, 4) is 10.6 Å². The number of fused-ring (bicyclic) bond motifs is 1. The molecule has 0 bridgehead atoms. The van der Waals surface area contributed by atoms with Crippen molar-refractivity contribution in [2.24, 2.45) is 11.8 Å². The van der Waals surface area contributed by atoms with Crippen molar-refractivity contribution in [3.05, 3.63) is 30.0 Å². The molecule has 0 saturated heterocycles. The van der Waals surface area contributed by atoms with Gasteiger partial charge in [0, 0.05) is 18.4 Å². The first kappa shape index (κ1) is 20.9. The minimum absolute atomic E-state index is 0.00509. The summed E-state index contributed by atoms with van der Waals surface area (Å²) in [6.45, 7) is 2.85. The van der Waals surface area contributed by atoms with Gasteiger partial charge in [-0.05, 0) is 50.2 Å². The Labute approximate surface area is 190 Å². The summed E-state index contributed by atoms with van der Waals surface area (Å²) in [5.41, 5.74) is 2.64. The van der Waals surface area contributed by atoms with E-state index in [1.807, 2.05) is 25.1 Å². The normalized spacial score (nSPS) is 25.8. The maximum Gasteiger partial charge on any atom is 0.224 e. The molecule has 2 aliphatic rings. The molecule has 0 spiro atoms. The standard InChI is InChI=1S/C22H27N5O2S2/c1-11-17(21-26-14-4-2-3-5-16(14)31-21)20(27-22(24-11)23-9-12-6-7-12)25-15-8-13(10-28)19(30)18(15)29/h2-5,12-13,15,18-19,28-30H,6-10H2,1H3,(H2,23,24,25,27)/t13-,15-,18+,19+/m1/s1. The van der Waals surface area contributed by atoms with Gasteiger partial charge < -0.3 is 20.8 Å². The highest BCUT2D eigenvalue weighted by atomic mass is 32.1. The first-order valence-electron chi connectivity index (χ1n) is 10.8. The van der Waals surface area contributed by atoms with Gasteiger partial charge in [0.1, 0.15) is 10.8 Å². The van der Waals surface area contributed by atoms with E-state index in [9.17, 15) is 10.2 Å². The molecule has 7 nitrogen and oxygen atoms in total. The lowest BCUT2D eigenvalue weighted by molar-refractivity contribution is 0.164. The molecule has 2 heterocycles. The quantitative estimate of drug-likeness (QED) is 0.347. The third-order valence-electron chi connectivity index (χ3n) is 6.20. The highest BCUT2D eigenvalue weighted by Crippen LogP contribution is 2.39. The molecule has 0 radical (unpaired) electrons. The summed E-state index contributed by atoms with van der Waals surface area (Å²) in [5.74, 6) is 1.90. The zero-order valence-corrected chi connectivity index (χ0v) is 19.0. The van der Waals surface area contributed by atoms with E-state index in [2.05, 4.69) is 29.3 Å². The smallest absolute Gasteiger partial charge is 0.224 e. The monoisotopic (exact) mass is 457 g/mol. The van der Waals surface area contributed by atoms with Crippen LogP contribution in [0.1, 0.15) is 25.0 Å². The number of rotatable bonds is 7. The molecule has 2 aliphatic carbocycles. The molecule has 2 fully saturated rings. The van der Waals surface area contributed by atoms with Gasteiger partial charge in [-0.2, -0.15) is 17.6 Å². The molecular formula is C22H27N5O2S2. The van der Waals surface area contributed by atoms with Crippen LogP contribution >= 0.6 is 24.0 Å². The van der Waals surface area contributed by atoms with Crippen LogP contribution in [0.5, 0.6) is 0 Å². The van der Waals surface area contributed by atoms with Crippen LogP contribution in [0.15, 0.2) is 24.3 Å². The van der Waals surface area contributed by atoms with Crippen molar-refractivity contribution in [1.82, 2.24) is 15.0 Å². The number of aromatic nitrogens is 3. The molecule has 0 amide bonds. The van der Waals surface area contributed by atoms with Crippen LogP contribution in [0.3, 0.4) is 0 Å². The molecule has 1 aromatic carbocycles. The van der Waals surface area contributed by atoms with Gasteiger partial charge in [-0.15, -0.1) is 11.3 Å². The molecule has 3 aromatic rings. The van der Waals surface area contributed by atoms with Crippen molar-refractivity contribution in [1.29, 1.82) is 0 Å². The number of anilines is 2. The average Bonchev–Trinajstić information content (AvgIpc) is 3.44. The summed E-state index contributed by atoms with van der Waals surface area (Å²) in [7, 11) is 0. The van der Waals surface area contributed by atoms with E-state index >= 15 is 0 Å². The van der Waals surface area contributed by atoms with Crippen molar-refractivity contribution in [3.63, 3.8) is 0 Å². The van der Waals surface area contributed by atoms with Gasteiger partial charge in [-0.3, -0.25) is 0 Å². The molecule has 0 unspecified atom stereocenters. The number of hydrogen-bond acceptors (Lipinski definition) is 9. The fraction of sp³-hybridized carbons (Fsp3) is 0.500. The second-order valence-corrected chi connectivity index (χ2v) is 10.2. The van der Waals surface area contributed by atoms with Crippen LogP contribution in [-0.4, -0.2) is 55.7 Å². The molecule has 5 rings (SSSR count). The van der Waals surface area contributed by atoms with Crippen LogP contribution in [0.25, 0.3) is 20.8 Å². The Kier molecular flexibility index (Phi) is 5.76. The number of aliphatic hydroxyl groups is 2. The van der Waals surface area contributed by atoms with Crippen molar-refractivity contribution in [2.45, 2.75) is 43.6 Å². The number of thiazole rings is 1. The van der Waals surface area contributed by atoms with Crippen molar-refractivity contribution < 1.29 is 10.2 Å². The molecule has 2 aromatic heterocycles. The second kappa shape index (κ2) is 8.54. The molecular weight excluding hydrogens is 430 g/mol. The molecule has 4 atom stereocenters. The summed E-state index contributed by atoms with van der Waals surface area (Å²) in [4.78, 5) is 14.3. The van der Waals surface area contributed by atoms with Gasteiger partial charge >= 0.3 is 0 Å². The lowest BCUT2D eigenvalue weighted by atomic mass is 10.1. The molecule has 0 aliphatic heterocycles. The van der Waals surface area contributed by atoms with Gasteiger partial charge in [0.05, 0.1) is 33.6 Å². The predicted molar refractivity (Wildman–Crippen MR) is 128 cm³/mol. The van der Waals surface area contributed by atoms with E-state index in [1.165, 1.54) is 12.8 Å². The molecule has 164 valence electrons. The fourth-order valence-electron chi connectivity index (χ4n) is 4.17. The summed E-state index contributed by atoms with van der Waals surface area (Å²) in [6.07, 6.45) is 2.45. The zero-order chi connectivity index (χ0) is 21.5. The Morgan fingerprint density at radius 3 is 2.71 bits per heavy atom. The second-order valence-electron chi connectivity index (χ2n) is 8.58. The van der Waals surface area contributed by atoms with E-state index in [4.69, 9.17) is 15.0 Å². The number of aliphatic hydroxyl groups excluding tert-OH is 2. The summed E-state index contributed by atoms with van der Waals surface area (Å²) in [6, 6.07) is 7.80. The number of benzene rings is 1. The van der Waals surface area contributed by atoms with E-state index in [0.29, 0.717) is 24.1 Å². The molecule has 4 N–H and O–H groups in total. The Morgan fingerprint density at radius 2 is 2.00 bits per heavy atom. The van der Waals surface area contributed by atoms with Crippen LogP contribution in [-0.2, 0) is 0 Å². The Hall–Kier alpha value is -1.94. The first-order chi connectivity index (χ1) is 15.0.